The van der Waals surface area contributed by atoms with E-state index in [-0.39, 0.29) is 24.2 Å². The number of ether oxygens (including phenoxy) is 2. The predicted octanol–water partition coefficient (Wildman–Crippen LogP) is 0.783. The third-order valence-electron chi connectivity index (χ3n) is 4.23. The molecule has 0 radical (unpaired) electrons. The highest BCUT2D eigenvalue weighted by molar-refractivity contribution is 5.77. The summed E-state index contributed by atoms with van der Waals surface area (Å²) < 4.78 is 11.2. The number of nitrogens with one attached hydrogen (secondary N) is 1. The van der Waals surface area contributed by atoms with Gasteiger partial charge in [-0.3, -0.25) is 4.79 Å². The number of hydrogen-bond donors (Lipinski definition) is 1. The van der Waals surface area contributed by atoms with E-state index in [1.165, 1.54) is 0 Å². The fraction of sp³-hybridized carbons (Fsp3) is 0.929. The number of methoxy groups -OCH3 is 1. The van der Waals surface area contributed by atoms with Gasteiger partial charge in [-0.25, -0.2) is 0 Å². The van der Waals surface area contributed by atoms with Crippen LogP contribution >= 0.6 is 0 Å². The zero-order chi connectivity index (χ0) is 13.7. The first kappa shape index (κ1) is 14.8. The van der Waals surface area contributed by atoms with Gasteiger partial charge in [0.15, 0.2) is 0 Å². The molecule has 2 aliphatic heterocycles. The molecule has 2 saturated heterocycles. The van der Waals surface area contributed by atoms with E-state index in [1.807, 2.05) is 4.90 Å². The van der Waals surface area contributed by atoms with Crippen LogP contribution in [0.3, 0.4) is 0 Å². The van der Waals surface area contributed by atoms with Gasteiger partial charge in [0.25, 0.3) is 0 Å². The average Bonchev–Trinajstić information content (AvgIpc) is 2.46. The molecule has 0 saturated carbocycles. The number of carbonyl (C=O) groups excluding carboxylic acids is 1. The molecule has 5 nitrogen and oxygen atoms in total. The van der Waals surface area contributed by atoms with Crippen molar-refractivity contribution in [1.82, 2.24) is 10.2 Å². The molecule has 2 fully saturated rings. The van der Waals surface area contributed by atoms with Crippen LogP contribution in [-0.2, 0) is 14.3 Å². The summed E-state index contributed by atoms with van der Waals surface area (Å²) in [4.78, 5) is 14.1. The average molecular weight is 270 g/mol. The molecular formula is C14H26N2O3. The Morgan fingerprint density at radius 3 is 2.84 bits per heavy atom. The van der Waals surface area contributed by atoms with E-state index in [0.29, 0.717) is 6.54 Å². The summed E-state index contributed by atoms with van der Waals surface area (Å²) in [5.74, 6) is 0.0986. The van der Waals surface area contributed by atoms with Crippen molar-refractivity contribution < 1.29 is 14.3 Å². The van der Waals surface area contributed by atoms with Crippen LogP contribution in [0.4, 0.5) is 0 Å². The first-order chi connectivity index (χ1) is 9.13. The Bertz CT molecular complexity index is 305. The lowest BCUT2D eigenvalue weighted by atomic mass is 9.95. The summed E-state index contributed by atoms with van der Waals surface area (Å²) in [6, 6.07) is 0. The molecule has 1 amide bonds. The Morgan fingerprint density at radius 1 is 1.42 bits per heavy atom. The van der Waals surface area contributed by atoms with Gasteiger partial charge in [0.05, 0.1) is 11.7 Å². The lowest BCUT2D eigenvalue weighted by Gasteiger charge is -2.39. The number of rotatable bonds is 4. The van der Waals surface area contributed by atoms with E-state index in [9.17, 15) is 4.79 Å². The maximum Gasteiger partial charge on any atom is 0.248 e. The summed E-state index contributed by atoms with van der Waals surface area (Å²) in [7, 11) is 1.72. The van der Waals surface area contributed by atoms with Crippen LogP contribution in [-0.4, -0.2) is 62.4 Å². The minimum absolute atomic E-state index is 0.0986. The highest BCUT2D eigenvalue weighted by Crippen LogP contribution is 2.23. The first-order valence-electron chi connectivity index (χ1n) is 7.28. The molecule has 0 aromatic heterocycles. The quantitative estimate of drug-likeness (QED) is 0.820. The van der Waals surface area contributed by atoms with Crippen LogP contribution in [0, 0.1) is 0 Å². The van der Waals surface area contributed by atoms with Crippen molar-refractivity contribution in [3.05, 3.63) is 0 Å². The van der Waals surface area contributed by atoms with Crippen LogP contribution < -0.4 is 5.32 Å². The molecule has 2 aliphatic rings. The molecule has 0 spiro atoms. The maximum atomic E-state index is 12.2. The van der Waals surface area contributed by atoms with Crippen molar-refractivity contribution in [3.8, 4) is 0 Å². The number of likely N-dealkylation sites (tertiary alicyclic amines) is 1. The fourth-order valence-electron chi connectivity index (χ4n) is 2.83. The molecule has 110 valence electrons. The summed E-state index contributed by atoms with van der Waals surface area (Å²) in [5, 5.41) is 3.29. The van der Waals surface area contributed by atoms with Crippen LogP contribution in [0.15, 0.2) is 0 Å². The predicted molar refractivity (Wildman–Crippen MR) is 73.1 cm³/mol. The Labute approximate surface area is 115 Å². The molecule has 0 aromatic rings. The second-order valence-electron chi connectivity index (χ2n) is 5.83. The minimum atomic E-state index is -0.192. The van der Waals surface area contributed by atoms with Crippen molar-refractivity contribution in [2.75, 3.05) is 39.9 Å². The molecule has 19 heavy (non-hydrogen) atoms. The molecule has 5 heteroatoms. The van der Waals surface area contributed by atoms with E-state index >= 15 is 0 Å². The van der Waals surface area contributed by atoms with Gasteiger partial charge >= 0.3 is 0 Å². The molecular weight excluding hydrogens is 244 g/mol. The molecule has 2 rings (SSSR count). The Kier molecular flexibility index (Phi) is 5.19. The summed E-state index contributed by atoms with van der Waals surface area (Å²) in [6.07, 6.45) is 4.27. The number of amides is 1. The second kappa shape index (κ2) is 6.68. The Balaban J connectivity index is 1.76. The SMILES string of the molecule is COC1(C)CCCN(C(=O)COC2CCNCC2)C1. The van der Waals surface area contributed by atoms with Crippen molar-refractivity contribution in [2.24, 2.45) is 0 Å². The van der Waals surface area contributed by atoms with E-state index in [4.69, 9.17) is 9.47 Å². The van der Waals surface area contributed by atoms with Crippen LogP contribution in [0.1, 0.15) is 32.6 Å². The van der Waals surface area contributed by atoms with Gasteiger partial charge < -0.3 is 19.7 Å². The third kappa shape index (κ3) is 4.16. The second-order valence-corrected chi connectivity index (χ2v) is 5.83. The van der Waals surface area contributed by atoms with Crippen molar-refractivity contribution >= 4 is 5.91 Å². The molecule has 0 aromatic carbocycles. The van der Waals surface area contributed by atoms with Crippen molar-refractivity contribution in [2.45, 2.75) is 44.3 Å². The molecule has 1 atom stereocenters. The van der Waals surface area contributed by atoms with Crippen molar-refractivity contribution in [1.29, 1.82) is 0 Å². The van der Waals surface area contributed by atoms with Gasteiger partial charge in [0.1, 0.15) is 6.61 Å². The molecule has 0 aliphatic carbocycles. The number of hydrogen-bond acceptors (Lipinski definition) is 4. The first-order valence-corrected chi connectivity index (χ1v) is 7.28. The van der Waals surface area contributed by atoms with Crippen LogP contribution in [0.25, 0.3) is 0 Å². The van der Waals surface area contributed by atoms with E-state index in [2.05, 4.69) is 12.2 Å². The zero-order valence-electron chi connectivity index (χ0n) is 12.1. The van der Waals surface area contributed by atoms with E-state index < -0.39 is 0 Å². The van der Waals surface area contributed by atoms with Crippen LogP contribution in [0.2, 0.25) is 0 Å². The van der Waals surface area contributed by atoms with Crippen molar-refractivity contribution in [3.63, 3.8) is 0 Å². The normalized spacial score (nSPS) is 29.5. The van der Waals surface area contributed by atoms with Gasteiger partial charge in [0, 0.05) is 20.2 Å². The number of nitrogens with zero attached hydrogens (tertiary/aromatic N) is 1. The molecule has 1 N–H and O–H groups in total. The van der Waals surface area contributed by atoms with Gasteiger partial charge in [-0.05, 0) is 45.7 Å². The van der Waals surface area contributed by atoms with Gasteiger partial charge in [-0.2, -0.15) is 0 Å². The monoisotopic (exact) mass is 270 g/mol. The number of piperidine rings is 2. The molecule has 0 bridgehead atoms. The minimum Gasteiger partial charge on any atom is -0.377 e. The lowest BCUT2D eigenvalue weighted by molar-refractivity contribution is -0.146. The third-order valence-corrected chi connectivity index (χ3v) is 4.23. The van der Waals surface area contributed by atoms with Gasteiger partial charge in [0.2, 0.25) is 5.91 Å². The van der Waals surface area contributed by atoms with E-state index in [1.54, 1.807) is 7.11 Å². The van der Waals surface area contributed by atoms with Gasteiger partial charge in [-0.15, -0.1) is 0 Å². The van der Waals surface area contributed by atoms with Gasteiger partial charge in [-0.1, -0.05) is 0 Å². The lowest BCUT2D eigenvalue weighted by Crippen LogP contribution is -2.50. The molecule has 1 unspecified atom stereocenters. The van der Waals surface area contributed by atoms with Crippen LogP contribution in [0.5, 0.6) is 0 Å². The Morgan fingerprint density at radius 2 is 2.16 bits per heavy atom. The summed E-state index contributed by atoms with van der Waals surface area (Å²) in [5.41, 5.74) is -0.192. The topological polar surface area (TPSA) is 50.8 Å². The summed E-state index contributed by atoms with van der Waals surface area (Å²) in [6.45, 7) is 5.77. The summed E-state index contributed by atoms with van der Waals surface area (Å²) >= 11 is 0. The maximum absolute atomic E-state index is 12.2. The standard InChI is InChI=1S/C14H26N2O3/c1-14(18-2)6-3-9-16(11-14)13(17)10-19-12-4-7-15-8-5-12/h12,15H,3-11H2,1-2H3. The highest BCUT2D eigenvalue weighted by atomic mass is 16.5. The largest absolute Gasteiger partial charge is 0.377 e. The van der Waals surface area contributed by atoms with E-state index in [0.717, 1.165) is 45.3 Å². The zero-order valence-corrected chi connectivity index (χ0v) is 12.1. The molecule has 2 heterocycles. The Hall–Kier alpha value is -0.650. The number of carbonyl (C=O) groups is 1. The highest BCUT2D eigenvalue weighted by Gasteiger charge is 2.33. The fourth-order valence-corrected chi connectivity index (χ4v) is 2.83. The smallest absolute Gasteiger partial charge is 0.248 e.